The van der Waals surface area contributed by atoms with E-state index < -0.39 is 53.2 Å². The van der Waals surface area contributed by atoms with Crippen molar-refractivity contribution >= 4 is 34.9 Å². The lowest BCUT2D eigenvalue weighted by atomic mass is 10.0. The number of ether oxygens (including phenoxy) is 3. The molecular weight excluding hydrogens is 590 g/mol. The van der Waals surface area contributed by atoms with Crippen molar-refractivity contribution in [3.8, 4) is 5.88 Å². The zero-order valence-electron chi connectivity index (χ0n) is 27.3. The largest absolute Gasteiger partial charge is 0.471 e. The summed E-state index contributed by atoms with van der Waals surface area (Å²) in [4.78, 5) is 65.0. The average molecular weight is 636 g/mol. The van der Waals surface area contributed by atoms with Gasteiger partial charge in [-0.15, -0.1) is 0 Å². The highest BCUT2D eigenvalue weighted by atomic mass is 16.6. The summed E-state index contributed by atoms with van der Waals surface area (Å²) in [7, 11) is 0. The Bertz CT molecular complexity index is 1500. The first kappa shape index (κ1) is 33.2. The summed E-state index contributed by atoms with van der Waals surface area (Å²) in [6.45, 7) is 9.04. The zero-order valence-corrected chi connectivity index (χ0v) is 27.3. The molecule has 0 unspecified atom stereocenters. The van der Waals surface area contributed by atoms with Gasteiger partial charge in [-0.25, -0.2) is 19.6 Å². The van der Waals surface area contributed by atoms with Crippen LogP contribution < -0.4 is 15.4 Å². The number of allylic oxidation sites excluding steroid dienone is 1. The molecule has 0 spiro atoms. The molecule has 2 aromatic rings. The van der Waals surface area contributed by atoms with Crippen LogP contribution in [0.3, 0.4) is 0 Å². The minimum Gasteiger partial charge on any atom is -0.471 e. The predicted octanol–water partition coefficient (Wildman–Crippen LogP) is 4.14. The summed E-state index contributed by atoms with van der Waals surface area (Å²) >= 11 is 0. The Hall–Kier alpha value is -4.22. The number of amides is 3. The molecule has 3 aliphatic rings. The Labute approximate surface area is 269 Å². The number of carbonyl (C=O) groups is 4. The maximum Gasteiger partial charge on any atom is 0.408 e. The van der Waals surface area contributed by atoms with Crippen LogP contribution in [-0.2, 0) is 23.9 Å². The van der Waals surface area contributed by atoms with Gasteiger partial charge in [0.25, 0.3) is 0 Å². The molecule has 0 bridgehead atoms. The fraction of sp³-hybridized carbons (Fsp3) is 0.588. The zero-order chi connectivity index (χ0) is 33.1. The van der Waals surface area contributed by atoms with E-state index in [0.717, 1.165) is 24.8 Å². The number of nitrogens with one attached hydrogen (secondary N) is 2. The highest BCUT2D eigenvalue weighted by Gasteiger charge is 2.62. The SMILES string of the molecule is CCOC(=O)[C@@]12C[C@H]1/C=C\CCCCC[C@H](NC(=O)OC(C)(C)C)C(=O)N1C[C@H](Oc3nc4ccccc4nc3C)C[C@H]1C(=O)N2. The summed E-state index contributed by atoms with van der Waals surface area (Å²) in [6.07, 6.45) is 6.88. The third-order valence-corrected chi connectivity index (χ3v) is 8.55. The molecule has 2 N–H and O–H groups in total. The van der Waals surface area contributed by atoms with E-state index >= 15 is 0 Å². The molecule has 3 amide bonds. The summed E-state index contributed by atoms with van der Waals surface area (Å²) in [5, 5.41) is 5.73. The maximum absolute atomic E-state index is 14.2. The maximum atomic E-state index is 14.2. The van der Waals surface area contributed by atoms with Crippen LogP contribution in [0, 0.1) is 12.8 Å². The number of fused-ring (bicyclic) bond motifs is 3. The van der Waals surface area contributed by atoms with Crippen LogP contribution in [0.1, 0.15) is 78.3 Å². The number of hydrogen-bond donors (Lipinski definition) is 2. The molecule has 2 fully saturated rings. The molecule has 0 radical (unpaired) electrons. The number of para-hydroxylation sites is 2. The van der Waals surface area contributed by atoms with Crippen LogP contribution in [0.4, 0.5) is 4.79 Å². The molecule has 1 saturated heterocycles. The highest BCUT2D eigenvalue weighted by Crippen LogP contribution is 2.46. The fourth-order valence-electron chi connectivity index (χ4n) is 6.18. The van der Waals surface area contributed by atoms with Crippen molar-refractivity contribution in [2.75, 3.05) is 13.2 Å². The monoisotopic (exact) mass is 635 g/mol. The van der Waals surface area contributed by atoms with Crippen molar-refractivity contribution in [1.29, 1.82) is 0 Å². The second-order valence-corrected chi connectivity index (χ2v) is 13.3. The van der Waals surface area contributed by atoms with Crippen molar-refractivity contribution in [1.82, 2.24) is 25.5 Å². The van der Waals surface area contributed by atoms with E-state index in [0.29, 0.717) is 36.4 Å². The number of carbonyl (C=O) groups excluding carboxylic acids is 4. The lowest BCUT2D eigenvalue weighted by Crippen LogP contribution is -2.56. The Morgan fingerprint density at radius 2 is 1.85 bits per heavy atom. The van der Waals surface area contributed by atoms with Gasteiger partial charge in [-0.2, -0.15) is 0 Å². The minimum absolute atomic E-state index is 0.0765. The fourth-order valence-corrected chi connectivity index (χ4v) is 6.18. The van der Waals surface area contributed by atoms with Crippen LogP contribution in [0.5, 0.6) is 5.88 Å². The molecule has 1 saturated carbocycles. The Balaban J connectivity index is 1.45. The standard InChI is InChI=1S/C34H45N5O7/c1-6-44-31(42)34-19-22(34)14-10-8-7-9-11-17-26(37-32(43)46-33(3,4)5)30(41)39-20-23(18-27(39)28(40)38-34)45-29-21(2)35-24-15-12-13-16-25(24)36-29/h10,12-16,22-23,26-27H,6-9,11,17-20H2,1-5H3,(H,37,43)(H,38,40)/b14-10-/t22-,23-,26+,27+,34-/m1/s1. The summed E-state index contributed by atoms with van der Waals surface area (Å²) in [5.41, 5.74) is 0.0311. The third-order valence-electron chi connectivity index (χ3n) is 8.55. The first-order valence-corrected chi connectivity index (χ1v) is 16.3. The molecule has 3 heterocycles. The first-order valence-electron chi connectivity index (χ1n) is 16.3. The Morgan fingerprint density at radius 1 is 1.11 bits per heavy atom. The number of alkyl carbamates (subject to hydrolysis) is 1. The molecule has 5 rings (SSSR count). The molecule has 1 aliphatic carbocycles. The molecule has 46 heavy (non-hydrogen) atoms. The number of benzene rings is 1. The topological polar surface area (TPSA) is 149 Å². The van der Waals surface area contributed by atoms with E-state index in [1.807, 2.05) is 36.4 Å². The van der Waals surface area contributed by atoms with Crippen LogP contribution in [-0.4, -0.2) is 81.2 Å². The van der Waals surface area contributed by atoms with Crippen molar-refractivity contribution in [3.63, 3.8) is 0 Å². The molecule has 12 heteroatoms. The second-order valence-electron chi connectivity index (χ2n) is 13.3. The van der Waals surface area contributed by atoms with Crippen LogP contribution in [0.2, 0.25) is 0 Å². The van der Waals surface area contributed by atoms with E-state index in [2.05, 4.69) is 20.6 Å². The van der Waals surface area contributed by atoms with Crippen molar-refractivity contribution in [2.24, 2.45) is 5.92 Å². The van der Waals surface area contributed by atoms with Gasteiger partial charge in [0.05, 0.1) is 24.2 Å². The van der Waals surface area contributed by atoms with Crippen LogP contribution >= 0.6 is 0 Å². The van der Waals surface area contributed by atoms with Gasteiger partial charge >= 0.3 is 12.1 Å². The van der Waals surface area contributed by atoms with E-state index in [1.165, 1.54) is 4.90 Å². The summed E-state index contributed by atoms with van der Waals surface area (Å²) < 4.78 is 17.2. The van der Waals surface area contributed by atoms with E-state index in [4.69, 9.17) is 14.2 Å². The third kappa shape index (κ3) is 7.59. The van der Waals surface area contributed by atoms with Gasteiger partial charge in [-0.1, -0.05) is 37.1 Å². The molecular formula is C34H45N5O7. The van der Waals surface area contributed by atoms with Gasteiger partial charge in [0.1, 0.15) is 35.0 Å². The lowest BCUT2D eigenvalue weighted by molar-refractivity contribution is -0.150. The Morgan fingerprint density at radius 3 is 2.57 bits per heavy atom. The quantitative estimate of drug-likeness (QED) is 0.365. The van der Waals surface area contributed by atoms with Gasteiger partial charge in [0, 0.05) is 12.3 Å². The highest BCUT2D eigenvalue weighted by molar-refractivity contribution is 5.96. The van der Waals surface area contributed by atoms with E-state index in [-0.39, 0.29) is 25.5 Å². The lowest BCUT2D eigenvalue weighted by Gasteiger charge is -2.30. The molecule has 1 aromatic carbocycles. The van der Waals surface area contributed by atoms with Crippen LogP contribution in [0.15, 0.2) is 36.4 Å². The van der Waals surface area contributed by atoms with Gasteiger partial charge in [-0.05, 0) is 72.4 Å². The van der Waals surface area contributed by atoms with Gasteiger partial charge < -0.3 is 29.7 Å². The van der Waals surface area contributed by atoms with Gasteiger partial charge in [-0.3, -0.25) is 9.59 Å². The normalized spacial score (nSPS) is 27.7. The van der Waals surface area contributed by atoms with Crippen molar-refractivity contribution in [2.45, 2.75) is 109 Å². The summed E-state index contributed by atoms with van der Waals surface area (Å²) in [5.74, 6) is -1.26. The average Bonchev–Trinajstić information content (AvgIpc) is 3.52. The summed E-state index contributed by atoms with van der Waals surface area (Å²) in [6, 6.07) is 5.57. The van der Waals surface area contributed by atoms with E-state index in [1.54, 1.807) is 34.6 Å². The molecule has 2 aliphatic heterocycles. The second kappa shape index (κ2) is 13.6. The molecule has 248 valence electrons. The van der Waals surface area contributed by atoms with Gasteiger partial charge in [0.15, 0.2) is 0 Å². The Kier molecular flexibility index (Phi) is 9.83. The minimum atomic E-state index is -1.19. The number of nitrogens with zero attached hydrogens (tertiary/aromatic N) is 3. The van der Waals surface area contributed by atoms with Crippen molar-refractivity contribution < 1.29 is 33.4 Å². The number of hydrogen-bond acceptors (Lipinski definition) is 9. The van der Waals surface area contributed by atoms with Gasteiger partial charge in [0.2, 0.25) is 17.7 Å². The molecule has 12 nitrogen and oxygen atoms in total. The van der Waals surface area contributed by atoms with Crippen molar-refractivity contribution in [3.05, 3.63) is 42.1 Å². The smallest absolute Gasteiger partial charge is 0.408 e. The number of aryl methyl sites for hydroxylation is 1. The predicted molar refractivity (Wildman–Crippen MR) is 170 cm³/mol. The molecule has 5 atom stereocenters. The molecule has 1 aromatic heterocycles. The number of esters is 1. The first-order chi connectivity index (χ1) is 21.9. The van der Waals surface area contributed by atoms with Crippen LogP contribution in [0.25, 0.3) is 11.0 Å². The number of aromatic nitrogens is 2. The number of rotatable bonds is 5. The van der Waals surface area contributed by atoms with E-state index in [9.17, 15) is 19.2 Å².